The predicted octanol–water partition coefficient (Wildman–Crippen LogP) is 1.98. The number of para-hydroxylation sites is 1. The first-order valence-corrected chi connectivity index (χ1v) is 9.74. The van der Waals surface area contributed by atoms with Crippen LogP contribution in [0.1, 0.15) is 21.6 Å². The number of benzodiazepines with no additional fused rings is 1. The normalized spacial score (nSPS) is 17.4. The third-order valence-electron chi connectivity index (χ3n) is 5.27. The Hall–Kier alpha value is -4.01. The average Bonchev–Trinajstić information content (AvgIpc) is 3.36. The van der Waals surface area contributed by atoms with Crippen molar-refractivity contribution in [3.8, 4) is 5.88 Å². The number of amides is 2. The smallest absolute Gasteiger partial charge is 0.273 e. The highest BCUT2D eigenvalue weighted by molar-refractivity contribution is 6.20. The van der Waals surface area contributed by atoms with E-state index in [1.165, 1.54) is 17.0 Å². The van der Waals surface area contributed by atoms with Gasteiger partial charge < -0.3 is 15.0 Å². The van der Waals surface area contributed by atoms with Crippen LogP contribution in [-0.4, -0.2) is 47.1 Å². The Bertz CT molecular complexity index is 1210. The summed E-state index contributed by atoms with van der Waals surface area (Å²) in [6.07, 6.45) is -1.25. The number of hydrogen-bond acceptors (Lipinski definition) is 5. The van der Waals surface area contributed by atoms with Gasteiger partial charge in [0.05, 0.1) is 17.9 Å². The first-order valence-electron chi connectivity index (χ1n) is 9.74. The van der Waals surface area contributed by atoms with Crippen molar-refractivity contribution in [1.82, 2.24) is 15.1 Å². The van der Waals surface area contributed by atoms with Gasteiger partial charge in [-0.3, -0.25) is 9.59 Å². The van der Waals surface area contributed by atoms with E-state index in [2.05, 4.69) is 15.4 Å². The summed E-state index contributed by atoms with van der Waals surface area (Å²) in [5.74, 6) is -0.992. The van der Waals surface area contributed by atoms with E-state index in [0.717, 1.165) is 0 Å². The molecule has 31 heavy (non-hydrogen) atoms. The zero-order chi connectivity index (χ0) is 21.5. The summed E-state index contributed by atoms with van der Waals surface area (Å²) >= 11 is 0. The van der Waals surface area contributed by atoms with Crippen LogP contribution in [-0.2, 0) is 11.3 Å². The average molecular weight is 419 g/mol. The Morgan fingerprint density at radius 2 is 1.90 bits per heavy atom. The number of nitrogens with zero attached hydrogens (tertiary/aromatic N) is 4. The second-order valence-electron chi connectivity index (χ2n) is 7.19. The molecule has 1 aromatic heterocycles. The fraction of sp³-hybridized carbons (Fsp3) is 0.182. The van der Waals surface area contributed by atoms with Crippen LogP contribution in [0.25, 0.3) is 0 Å². The molecule has 0 fully saturated rings. The Balaban J connectivity index is 1.56. The van der Waals surface area contributed by atoms with Crippen molar-refractivity contribution < 1.29 is 18.7 Å². The Morgan fingerprint density at radius 3 is 2.68 bits per heavy atom. The number of benzene rings is 2. The molecule has 0 aliphatic carbocycles. The van der Waals surface area contributed by atoms with Gasteiger partial charge in [-0.25, -0.2) is 14.1 Å². The molecule has 2 aliphatic heterocycles. The molecule has 3 heterocycles. The first kappa shape index (κ1) is 19.0. The van der Waals surface area contributed by atoms with Crippen molar-refractivity contribution in [3.63, 3.8) is 0 Å². The molecule has 1 atom stereocenters. The maximum absolute atomic E-state index is 14.6. The number of nitrogens with one attached hydrogen (secondary N) is 1. The number of ether oxygens (including phenoxy) is 1. The molecule has 9 heteroatoms. The summed E-state index contributed by atoms with van der Waals surface area (Å²) in [5.41, 5.74) is 1.81. The lowest BCUT2D eigenvalue weighted by Crippen LogP contribution is -2.46. The van der Waals surface area contributed by atoms with E-state index < -0.39 is 23.8 Å². The molecule has 0 saturated carbocycles. The monoisotopic (exact) mass is 419 g/mol. The molecule has 3 aromatic rings. The van der Waals surface area contributed by atoms with Gasteiger partial charge in [0.2, 0.25) is 12.0 Å². The molecular weight excluding hydrogens is 401 g/mol. The molecule has 0 radical (unpaired) electrons. The Kier molecular flexibility index (Phi) is 4.50. The van der Waals surface area contributed by atoms with Crippen molar-refractivity contribution in [2.45, 2.75) is 12.7 Å². The topological polar surface area (TPSA) is 88.8 Å². The Morgan fingerprint density at radius 1 is 1.16 bits per heavy atom. The molecule has 0 saturated heterocycles. The summed E-state index contributed by atoms with van der Waals surface area (Å²) in [6.45, 7) is 1.06. The van der Waals surface area contributed by atoms with Gasteiger partial charge in [-0.05, 0) is 18.2 Å². The molecule has 0 bridgehead atoms. The van der Waals surface area contributed by atoms with Crippen molar-refractivity contribution in [1.29, 1.82) is 0 Å². The molecule has 2 aromatic carbocycles. The van der Waals surface area contributed by atoms with Gasteiger partial charge in [-0.1, -0.05) is 30.3 Å². The number of halogens is 1. The summed E-state index contributed by atoms with van der Waals surface area (Å²) in [6, 6.07) is 14.8. The highest BCUT2D eigenvalue weighted by Gasteiger charge is 2.32. The number of fused-ring (bicyclic) bond motifs is 2. The van der Waals surface area contributed by atoms with E-state index >= 15 is 0 Å². The summed E-state index contributed by atoms with van der Waals surface area (Å²) in [4.78, 5) is 31.9. The molecule has 5 rings (SSSR count). The van der Waals surface area contributed by atoms with Gasteiger partial charge >= 0.3 is 0 Å². The summed E-state index contributed by atoms with van der Waals surface area (Å²) in [5, 5.41) is 6.83. The van der Waals surface area contributed by atoms with Gasteiger partial charge in [-0.2, -0.15) is 5.10 Å². The van der Waals surface area contributed by atoms with Crippen LogP contribution in [0.2, 0.25) is 0 Å². The van der Waals surface area contributed by atoms with Crippen LogP contribution in [0.4, 0.5) is 10.1 Å². The number of carbonyl (C=O) groups excluding carboxylic acids is 2. The SMILES string of the molecule is CN1C(=O)C(NC(=O)c2cc3n(n2)CCO3)N=C(c2ccccc2F)c2ccccc21. The second-order valence-corrected chi connectivity index (χ2v) is 7.19. The predicted molar refractivity (Wildman–Crippen MR) is 111 cm³/mol. The van der Waals surface area contributed by atoms with Crippen LogP contribution in [0.5, 0.6) is 5.88 Å². The largest absolute Gasteiger partial charge is 0.476 e. The zero-order valence-electron chi connectivity index (χ0n) is 16.6. The van der Waals surface area contributed by atoms with Crippen LogP contribution in [0.3, 0.4) is 0 Å². The lowest BCUT2D eigenvalue weighted by molar-refractivity contribution is -0.119. The number of carbonyl (C=O) groups is 2. The number of aromatic nitrogens is 2. The molecule has 1 unspecified atom stereocenters. The quantitative estimate of drug-likeness (QED) is 0.703. The minimum atomic E-state index is -1.25. The number of aliphatic imine (C=N–C) groups is 1. The van der Waals surface area contributed by atoms with Gasteiger partial charge in [-0.15, -0.1) is 0 Å². The van der Waals surface area contributed by atoms with E-state index in [1.807, 2.05) is 0 Å². The van der Waals surface area contributed by atoms with Crippen LogP contribution in [0.15, 0.2) is 59.6 Å². The van der Waals surface area contributed by atoms with Crippen LogP contribution < -0.4 is 15.0 Å². The Labute approximate surface area is 177 Å². The summed E-state index contributed by atoms with van der Waals surface area (Å²) in [7, 11) is 1.60. The number of hydrogen-bond donors (Lipinski definition) is 1. The molecule has 1 N–H and O–H groups in total. The van der Waals surface area contributed by atoms with Crippen molar-refractivity contribution in [2.24, 2.45) is 4.99 Å². The maximum atomic E-state index is 14.6. The fourth-order valence-electron chi connectivity index (χ4n) is 3.71. The molecule has 2 amide bonds. The molecule has 2 aliphatic rings. The number of likely N-dealkylation sites (N-methyl/N-ethyl adjacent to an activating group) is 1. The zero-order valence-corrected chi connectivity index (χ0v) is 16.6. The molecule has 0 spiro atoms. The van der Waals surface area contributed by atoms with Gasteiger partial charge in [0.15, 0.2) is 5.69 Å². The van der Waals surface area contributed by atoms with Gasteiger partial charge in [0.1, 0.15) is 12.4 Å². The highest BCUT2D eigenvalue weighted by Crippen LogP contribution is 2.28. The minimum Gasteiger partial charge on any atom is -0.476 e. The third kappa shape index (κ3) is 3.24. The number of anilines is 1. The van der Waals surface area contributed by atoms with E-state index in [0.29, 0.717) is 30.3 Å². The van der Waals surface area contributed by atoms with E-state index in [9.17, 15) is 14.0 Å². The van der Waals surface area contributed by atoms with Crippen LogP contribution >= 0.6 is 0 Å². The lowest BCUT2D eigenvalue weighted by atomic mass is 10.00. The molecular formula is C22H18FN5O3. The maximum Gasteiger partial charge on any atom is 0.273 e. The van der Waals surface area contributed by atoms with E-state index in [1.54, 1.807) is 54.2 Å². The van der Waals surface area contributed by atoms with Crippen molar-refractivity contribution >= 4 is 23.2 Å². The van der Waals surface area contributed by atoms with Crippen molar-refractivity contribution in [2.75, 3.05) is 18.6 Å². The number of rotatable bonds is 3. The lowest BCUT2D eigenvalue weighted by Gasteiger charge is -2.20. The fourth-order valence-corrected chi connectivity index (χ4v) is 3.71. The van der Waals surface area contributed by atoms with E-state index in [4.69, 9.17) is 4.74 Å². The van der Waals surface area contributed by atoms with E-state index in [-0.39, 0.29) is 17.0 Å². The minimum absolute atomic E-state index is 0.120. The molecule has 8 nitrogen and oxygen atoms in total. The summed E-state index contributed by atoms with van der Waals surface area (Å²) < 4.78 is 21.6. The van der Waals surface area contributed by atoms with Crippen LogP contribution in [0, 0.1) is 5.82 Å². The van der Waals surface area contributed by atoms with Gasteiger partial charge in [0.25, 0.3) is 11.8 Å². The van der Waals surface area contributed by atoms with Gasteiger partial charge in [0, 0.05) is 24.2 Å². The standard InChI is InChI=1S/C22H18FN5O3/c1-27-17-9-5-3-7-14(17)19(13-6-2-4-8-15(13)23)24-20(22(27)30)25-21(29)16-12-18-28(26-16)10-11-31-18/h2-9,12,20H,10-11H2,1H3,(H,25,29). The first-order chi connectivity index (χ1) is 15.0. The third-order valence-corrected chi connectivity index (χ3v) is 5.27. The molecule has 156 valence electrons. The second kappa shape index (κ2) is 7.35. The highest BCUT2D eigenvalue weighted by atomic mass is 19.1. The van der Waals surface area contributed by atoms with Crippen molar-refractivity contribution in [3.05, 3.63) is 77.2 Å².